The van der Waals surface area contributed by atoms with E-state index in [1.807, 2.05) is 6.08 Å². The van der Waals surface area contributed by atoms with Crippen molar-refractivity contribution in [2.24, 2.45) is 11.3 Å². The molecular formula is C12H18O2. The Morgan fingerprint density at radius 1 is 1.43 bits per heavy atom. The van der Waals surface area contributed by atoms with Gasteiger partial charge in [0.05, 0.1) is 0 Å². The summed E-state index contributed by atoms with van der Waals surface area (Å²) in [6, 6.07) is 0. The molecule has 0 spiro atoms. The van der Waals surface area contributed by atoms with Gasteiger partial charge in [-0.1, -0.05) is 19.9 Å². The molecule has 2 nitrogen and oxygen atoms in total. The SMILES string of the molecule is CC1(C)CC1/C=C\C(=O)OC1CCC1. The van der Waals surface area contributed by atoms with Crippen LogP contribution in [0.3, 0.4) is 0 Å². The number of rotatable bonds is 3. The Bertz CT molecular complexity index is 261. The lowest BCUT2D eigenvalue weighted by atomic mass is 9.96. The van der Waals surface area contributed by atoms with Crippen LogP contribution < -0.4 is 0 Å². The van der Waals surface area contributed by atoms with Crippen LogP contribution in [0.5, 0.6) is 0 Å². The van der Waals surface area contributed by atoms with Crippen molar-refractivity contribution in [3.63, 3.8) is 0 Å². The van der Waals surface area contributed by atoms with Crippen LogP contribution in [0.25, 0.3) is 0 Å². The van der Waals surface area contributed by atoms with Crippen LogP contribution in [-0.2, 0) is 9.53 Å². The Hall–Kier alpha value is -0.790. The average molecular weight is 194 g/mol. The number of hydrogen-bond acceptors (Lipinski definition) is 2. The van der Waals surface area contributed by atoms with E-state index >= 15 is 0 Å². The van der Waals surface area contributed by atoms with Gasteiger partial charge >= 0.3 is 5.97 Å². The summed E-state index contributed by atoms with van der Waals surface area (Å²) in [6.07, 6.45) is 8.32. The van der Waals surface area contributed by atoms with Gasteiger partial charge in [-0.2, -0.15) is 0 Å². The molecular weight excluding hydrogens is 176 g/mol. The van der Waals surface area contributed by atoms with Gasteiger partial charge in [0.2, 0.25) is 0 Å². The number of ether oxygens (including phenoxy) is 1. The zero-order valence-electron chi connectivity index (χ0n) is 8.95. The summed E-state index contributed by atoms with van der Waals surface area (Å²) < 4.78 is 5.21. The fraction of sp³-hybridized carbons (Fsp3) is 0.750. The van der Waals surface area contributed by atoms with E-state index in [1.165, 1.54) is 12.8 Å². The van der Waals surface area contributed by atoms with Crippen LogP contribution in [0.2, 0.25) is 0 Å². The van der Waals surface area contributed by atoms with E-state index in [1.54, 1.807) is 6.08 Å². The van der Waals surface area contributed by atoms with Crippen LogP contribution >= 0.6 is 0 Å². The van der Waals surface area contributed by atoms with Crippen molar-refractivity contribution in [3.8, 4) is 0 Å². The van der Waals surface area contributed by atoms with Crippen molar-refractivity contribution in [3.05, 3.63) is 12.2 Å². The topological polar surface area (TPSA) is 26.3 Å². The third-order valence-electron chi connectivity index (χ3n) is 3.39. The fourth-order valence-corrected chi connectivity index (χ4v) is 1.72. The molecule has 2 saturated carbocycles. The summed E-state index contributed by atoms with van der Waals surface area (Å²) >= 11 is 0. The van der Waals surface area contributed by atoms with Gasteiger partial charge < -0.3 is 4.74 Å². The summed E-state index contributed by atoms with van der Waals surface area (Å²) in [5.41, 5.74) is 0.410. The second-order valence-electron chi connectivity index (χ2n) is 5.15. The summed E-state index contributed by atoms with van der Waals surface area (Å²) in [5, 5.41) is 0. The smallest absolute Gasteiger partial charge is 0.330 e. The molecule has 14 heavy (non-hydrogen) atoms. The van der Waals surface area contributed by atoms with Crippen molar-refractivity contribution in [2.45, 2.75) is 45.6 Å². The Kier molecular flexibility index (Phi) is 2.38. The second kappa shape index (κ2) is 3.41. The van der Waals surface area contributed by atoms with Crippen molar-refractivity contribution in [1.29, 1.82) is 0 Å². The first kappa shape index (κ1) is 9.75. The molecule has 2 fully saturated rings. The quantitative estimate of drug-likeness (QED) is 0.510. The van der Waals surface area contributed by atoms with Gasteiger partial charge in [0.15, 0.2) is 0 Å². The lowest BCUT2D eigenvalue weighted by Gasteiger charge is -2.24. The van der Waals surface area contributed by atoms with Crippen LogP contribution in [-0.4, -0.2) is 12.1 Å². The van der Waals surface area contributed by atoms with E-state index in [0.29, 0.717) is 11.3 Å². The van der Waals surface area contributed by atoms with Crippen LogP contribution in [0, 0.1) is 11.3 Å². The minimum Gasteiger partial charge on any atom is -0.459 e. The first-order chi connectivity index (χ1) is 6.58. The molecule has 0 N–H and O–H groups in total. The molecule has 0 bridgehead atoms. The van der Waals surface area contributed by atoms with Crippen LogP contribution in [0.4, 0.5) is 0 Å². The van der Waals surface area contributed by atoms with E-state index in [-0.39, 0.29) is 12.1 Å². The minimum absolute atomic E-state index is 0.155. The predicted octanol–water partition coefficient (Wildman–Crippen LogP) is 2.68. The van der Waals surface area contributed by atoms with E-state index in [9.17, 15) is 4.79 Å². The zero-order valence-corrected chi connectivity index (χ0v) is 8.95. The maximum Gasteiger partial charge on any atom is 0.330 e. The number of esters is 1. The summed E-state index contributed by atoms with van der Waals surface area (Å²) in [6.45, 7) is 4.44. The molecule has 0 heterocycles. The Morgan fingerprint density at radius 3 is 2.50 bits per heavy atom. The summed E-state index contributed by atoms with van der Waals surface area (Å²) in [7, 11) is 0. The molecule has 1 unspecified atom stereocenters. The van der Waals surface area contributed by atoms with E-state index in [2.05, 4.69) is 13.8 Å². The molecule has 2 rings (SSSR count). The highest BCUT2D eigenvalue weighted by molar-refractivity contribution is 5.82. The van der Waals surface area contributed by atoms with Gasteiger partial charge in [-0.15, -0.1) is 0 Å². The van der Waals surface area contributed by atoms with Crippen LogP contribution in [0.15, 0.2) is 12.2 Å². The van der Waals surface area contributed by atoms with E-state index in [0.717, 1.165) is 12.8 Å². The Morgan fingerprint density at radius 2 is 2.07 bits per heavy atom. The summed E-state index contributed by atoms with van der Waals surface area (Å²) in [5.74, 6) is 0.425. The standard InChI is InChI=1S/C12H18O2/c1-12(2)8-9(12)6-7-11(13)14-10-4-3-5-10/h6-7,9-10H,3-5,8H2,1-2H3/b7-6-. The van der Waals surface area contributed by atoms with Crippen molar-refractivity contribution in [2.75, 3.05) is 0 Å². The van der Waals surface area contributed by atoms with Gasteiger partial charge in [-0.05, 0) is 37.0 Å². The Balaban J connectivity index is 1.71. The maximum absolute atomic E-state index is 11.3. The lowest BCUT2D eigenvalue weighted by Crippen LogP contribution is -2.24. The lowest BCUT2D eigenvalue weighted by molar-refractivity contribution is -0.146. The molecule has 1 atom stereocenters. The van der Waals surface area contributed by atoms with Gasteiger partial charge in [0, 0.05) is 6.08 Å². The normalized spacial score (nSPS) is 30.0. The first-order valence-corrected chi connectivity index (χ1v) is 5.47. The summed E-state index contributed by atoms with van der Waals surface area (Å²) in [4.78, 5) is 11.3. The molecule has 2 aliphatic rings. The molecule has 0 radical (unpaired) electrons. The highest BCUT2D eigenvalue weighted by atomic mass is 16.5. The molecule has 2 aliphatic carbocycles. The zero-order chi connectivity index (χ0) is 10.2. The Labute approximate surface area is 85.3 Å². The number of carbonyl (C=O) groups excluding carboxylic acids is 1. The molecule has 78 valence electrons. The molecule has 0 aromatic carbocycles. The molecule has 0 aromatic rings. The molecule has 0 aromatic heterocycles. The molecule has 0 saturated heterocycles. The fourth-order valence-electron chi connectivity index (χ4n) is 1.72. The number of carbonyl (C=O) groups is 1. The predicted molar refractivity (Wildman–Crippen MR) is 54.8 cm³/mol. The van der Waals surface area contributed by atoms with Gasteiger partial charge in [-0.3, -0.25) is 0 Å². The van der Waals surface area contributed by atoms with E-state index < -0.39 is 0 Å². The number of hydrogen-bond donors (Lipinski definition) is 0. The number of allylic oxidation sites excluding steroid dienone is 1. The van der Waals surface area contributed by atoms with Crippen molar-refractivity contribution in [1.82, 2.24) is 0 Å². The minimum atomic E-state index is -0.155. The van der Waals surface area contributed by atoms with Crippen LogP contribution in [0.1, 0.15) is 39.5 Å². The average Bonchev–Trinajstić information content (AvgIpc) is 2.63. The van der Waals surface area contributed by atoms with Gasteiger partial charge in [0.25, 0.3) is 0 Å². The molecule has 2 heteroatoms. The third-order valence-corrected chi connectivity index (χ3v) is 3.39. The highest BCUT2D eigenvalue weighted by Gasteiger charge is 2.43. The first-order valence-electron chi connectivity index (χ1n) is 5.47. The second-order valence-corrected chi connectivity index (χ2v) is 5.15. The molecule has 0 aliphatic heterocycles. The van der Waals surface area contributed by atoms with Crippen molar-refractivity contribution < 1.29 is 9.53 Å². The third kappa shape index (κ3) is 2.17. The molecule has 0 amide bonds. The monoisotopic (exact) mass is 194 g/mol. The van der Waals surface area contributed by atoms with Gasteiger partial charge in [0.1, 0.15) is 6.10 Å². The maximum atomic E-state index is 11.3. The van der Waals surface area contributed by atoms with Crippen molar-refractivity contribution >= 4 is 5.97 Å². The van der Waals surface area contributed by atoms with Gasteiger partial charge in [-0.25, -0.2) is 4.79 Å². The van der Waals surface area contributed by atoms with E-state index in [4.69, 9.17) is 4.74 Å². The highest BCUT2D eigenvalue weighted by Crippen LogP contribution is 2.52. The largest absolute Gasteiger partial charge is 0.459 e.